The Bertz CT molecular complexity index is 892. The summed E-state index contributed by atoms with van der Waals surface area (Å²) in [5, 5.41) is 23.1. The number of aliphatic carboxylic acids is 1. The van der Waals surface area contributed by atoms with Gasteiger partial charge in [-0.05, 0) is 22.9 Å². The number of β-lactam (4-membered cyclic amide) rings is 1. The Balaban J connectivity index is 1.78. The van der Waals surface area contributed by atoms with Crippen LogP contribution in [0.5, 0.6) is 0 Å². The molecule has 1 saturated heterocycles. The summed E-state index contributed by atoms with van der Waals surface area (Å²) < 4.78 is 6.87. The van der Waals surface area contributed by atoms with E-state index in [4.69, 9.17) is 10.5 Å². The summed E-state index contributed by atoms with van der Waals surface area (Å²) in [6.07, 6.45) is 0. The minimum Gasteiger partial charge on any atom is -0.477 e. The first-order valence-electron chi connectivity index (χ1n) is 8.70. The number of tetrazole rings is 1. The zero-order chi connectivity index (χ0) is 22.1. The van der Waals surface area contributed by atoms with E-state index in [2.05, 4.69) is 20.8 Å². The summed E-state index contributed by atoms with van der Waals surface area (Å²) in [5.74, 6) is -1.54. The van der Waals surface area contributed by atoms with Gasteiger partial charge < -0.3 is 20.9 Å². The van der Waals surface area contributed by atoms with Crippen LogP contribution in [0.25, 0.3) is 0 Å². The summed E-state index contributed by atoms with van der Waals surface area (Å²) >= 11 is 3.82. The monoisotopic (exact) mass is 475 g/mol. The third kappa shape index (κ3) is 4.16. The number of amides is 2. The highest BCUT2D eigenvalue weighted by Gasteiger charge is 2.66. The number of carbonyl (C=O) groups excluding carboxylic acids is 2. The minimum atomic E-state index is -1.60. The summed E-state index contributed by atoms with van der Waals surface area (Å²) in [6.45, 7) is 1.75. The van der Waals surface area contributed by atoms with E-state index in [-0.39, 0.29) is 16.8 Å². The van der Waals surface area contributed by atoms with E-state index in [0.29, 0.717) is 22.2 Å². The number of hydrogen-bond donors (Lipinski definition) is 3. The van der Waals surface area contributed by atoms with Gasteiger partial charge in [-0.15, -0.1) is 28.6 Å². The number of hydrogen-bond acceptors (Lipinski definition) is 11. The van der Waals surface area contributed by atoms with Crippen molar-refractivity contribution in [1.82, 2.24) is 30.4 Å². The predicted molar refractivity (Wildman–Crippen MR) is 111 cm³/mol. The van der Waals surface area contributed by atoms with E-state index in [1.165, 1.54) is 52.0 Å². The summed E-state index contributed by atoms with van der Waals surface area (Å²) in [7, 11) is 2.99. The Labute approximate surface area is 184 Å². The van der Waals surface area contributed by atoms with Gasteiger partial charge >= 0.3 is 5.97 Å². The third-order valence-electron chi connectivity index (χ3n) is 4.39. The van der Waals surface area contributed by atoms with Gasteiger partial charge in [-0.25, -0.2) is 9.48 Å². The average Bonchev–Trinajstić information content (AvgIpc) is 3.12. The van der Waals surface area contributed by atoms with Gasteiger partial charge in [-0.2, -0.15) is 0 Å². The number of methoxy groups -OCH3 is 1. The molecule has 2 aliphatic rings. The Morgan fingerprint density at radius 1 is 1.53 bits per heavy atom. The van der Waals surface area contributed by atoms with Crippen LogP contribution in [0.15, 0.2) is 16.4 Å². The Morgan fingerprint density at radius 3 is 2.83 bits per heavy atom. The van der Waals surface area contributed by atoms with Gasteiger partial charge in [-0.3, -0.25) is 14.5 Å². The zero-order valence-corrected chi connectivity index (χ0v) is 18.8. The number of nitrogens with zero attached hydrogens (tertiary/aromatic N) is 5. The predicted octanol–water partition coefficient (Wildman–Crippen LogP) is -0.947. The average molecular weight is 476 g/mol. The molecular formula is C15H21N7O5S3. The molecule has 3 heterocycles. The Hall–Kier alpha value is -1.81. The lowest BCUT2D eigenvalue weighted by molar-refractivity contribution is -0.192. The molecule has 2 amide bonds. The lowest BCUT2D eigenvalue weighted by Gasteiger charge is -2.55. The number of ether oxygens (including phenoxy) is 1. The van der Waals surface area contributed by atoms with Crippen LogP contribution in [-0.2, 0) is 26.2 Å². The summed E-state index contributed by atoms with van der Waals surface area (Å²) in [6, 6.07) is 0. The Morgan fingerprint density at radius 2 is 2.27 bits per heavy atom. The van der Waals surface area contributed by atoms with Crippen molar-refractivity contribution in [2.45, 2.75) is 28.6 Å². The number of rotatable bonds is 9. The van der Waals surface area contributed by atoms with Gasteiger partial charge in [0.15, 0.2) is 0 Å². The van der Waals surface area contributed by atoms with Gasteiger partial charge in [0.1, 0.15) is 11.1 Å². The molecule has 1 aromatic rings. The maximum atomic E-state index is 13.0. The number of nitrogens with one attached hydrogen (secondary N) is 1. The Kier molecular flexibility index (Phi) is 6.96. The van der Waals surface area contributed by atoms with Crippen LogP contribution < -0.4 is 11.1 Å². The standard InChI is InChI=1S/C15H21N7O5S3/c1-7(16)28-6-9(23)17-15(27-3)12(26)22-10(11(24)25)8(4-29-13(15)22)5-30-14-18-19-20-21(14)2/h7,13H,4-6,16H2,1-3H3,(H,17,23)(H,24,25)/t7?,13-,15+/m1/s1. The number of nitrogens with two attached hydrogens (primary N) is 1. The number of fused-ring (bicyclic) bond motifs is 1. The third-order valence-corrected chi connectivity index (χ3v) is 7.82. The van der Waals surface area contributed by atoms with E-state index >= 15 is 0 Å². The van der Waals surface area contributed by atoms with Crippen LogP contribution in [0.2, 0.25) is 0 Å². The smallest absolute Gasteiger partial charge is 0.352 e. The molecule has 164 valence electrons. The molecular weight excluding hydrogens is 454 g/mol. The highest BCUT2D eigenvalue weighted by Crippen LogP contribution is 2.47. The fourth-order valence-corrected chi connectivity index (χ4v) is 5.91. The van der Waals surface area contributed by atoms with Gasteiger partial charge in [0, 0.05) is 31.0 Å². The lowest BCUT2D eigenvalue weighted by Crippen LogP contribution is -2.80. The minimum absolute atomic E-state index is 0.0582. The van der Waals surface area contributed by atoms with Crippen LogP contribution in [0.4, 0.5) is 0 Å². The van der Waals surface area contributed by atoms with Crippen molar-refractivity contribution in [3.05, 3.63) is 11.3 Å². The number of carboxylic acids is 1. The molecule has 2 aliphatic heterocycles. The molecule has 12 nitrogen and oxygen atoms in total. The van der Waals surface area contributed by atoms with Crippen molar-refractivity contribution in [3.63, 3.8) is 0 Å². The van der Waals surface area contributed by atoms with Crippen molar-refractivity contribution < 1.29 is 24.2 Å². The second kappa shape index (κ2) is 9.13. The molecule has 0 saturated carbocycles. The first-order valence-corrected chi connectivity index (χ1v) is 11.8. The van der Waals surface area contributed by atoms with E-state index in [0.717, 1.165) is 0 Å². The molecule has 3 atom stereocenters. The molecule has 4 N–H and O–H groups in total. The number of carboxylic acid groups (broad SMARTS) is 1. The fourth-order valence-electron chi connectivity index (χ4n) is 3.00. The van der Waals surface area contributed by atoms with E-state index in [1.54, 1.807) is 14.0 Å². The molecule has 0 spiro atoms. The highest BCUT2D eigenvalue weighted by molar-refractivity contribution is 8.01. The molecule has 0 aliphatic carbocycles. The number of thioether (sulfide) groups is 3. The number of aromatic nitrogens is 4. The van der Waals surface area contributed by atoms with E-state index in [1.807, 2.05) is 0 Å². The van der Waals surface area contributed by atoms with Gasteiger partial charge in [-0.1, -0.05) is 11.8 Å². The maximum Gasteiger partial charge on any atom is 0.352 e. The van der Waals surface area contributed by atoms with E-state index < -0.39 is 28.9 Å². The summed E-state index contributed by atoms with van der Waals surface area (Å²) in [4.78, 5) is 38.4. The molecule has 1 unspecified atom stereocenters. The van der Waals surface area contributed by atoms with Gasteiger partial charge in [0.25, 0.3) is 11.6 Å². The van der Waals surface area contributed by atoms with Gasteiger partial charge in [0.2, 0.25) is 11.1 Å². The molecule has 0 radical (unpaired) electrons. The van der Waals surface area contributed by atoms with Crippen LogP contribution in [0.3, 0.4) is 0 Å². The van der Waals surface area contributed by atoms with Crippen LogP contribution in [0, 0.1) is 0 Å². The molecule has 0 bridgehead atoms. The highest BCUT2D eigenvalue weighted by atomic mass is 32.2. The van der Waals surface area contributed by atoms with Crippen molar-refractivity contribution in [2.75, 3.05) is 24.4 Å². The molecule has 1 aromatic heterocycles. The van der Waals surface area contributed by atoms with Crippen molar-refractivity contribution in [1.29, 1.82) is 0 Å². The zero-order valence-electron chi connectivity index (χ0n) is 16.4. The SMILES string of the molecule is CO[C@@]1(NC(=O)CSC(C)N)C(=O)N2C(C(=O)O)=C(CSc3nnnn3C)CS[C@@H]21. The largest absolute Gasteiger partial charge is 0.477 e. The van der Waals surface area contributed by atoms with Crippen molar-refractivity contribution in [2.24, 2.45) is 12.8 Å². The first-order chi connectivity index (χ1) is 14.2. The fraction of sp³-hybridized carbons (Fsp3) is 0.600. The summed E-state index contributed by atoms with van der Waals surface area (Å²) in [5.41, 5.74) is 4.50. The topological polar surface area (TPSA) is 166 Å². The number of aryl methyl sites for hydroxylation is 1. The van der Waals surface area contributed by atoms with Gasteiger partial charge in [0.05, 0.1) is 5.75 Å². The maximum absolute atomic E-state index is 13.0. The van der Waals surface area contributed by atoms with Crippen molar-refractivity contribution >= 4 is 53.1 Å². The second-order valence-electron chi connectivity index (χ2n) is 6.47. The van der Waals surface area contributed by atoms with Crippen LogP contribution in [-0.4, -0.2) is 88.8 Å². The second-order valence-corrected chi connectivity index (χ2v) is 9.85. The van der Waals surface area contributed by atoms with Crippen LogP contribution in [0.1, 0.15) is 6.92 Å². The molecule has 15 heteroatoms. The lowest BCUT2D eigenvalue weighted by atomic mass is 9.98. The molecule has 0 aromatic carbocycles. The molecule has 30 heavy (non-hydrogen) atoms. The number of carbonyl (C=O) groups is 3. The molecule has 3 rings (SSSR count). The first kappa shape index (κ1) is 22.9. The quantitative estimate of drug-likeness (QED) is 0.228. The van der Waals surface area contributed by atoms with Crippen molar-refractivity contribution in [3.8, 4) is 0 Å². The van der Waals surface area contributed by atoms with E-state index in [9.17, 15) is 19.5 Å². The normalized spacial score (nSPS) is 24.3. The molecule has 1 fully saturated rings. The van der Waals surface area contributed by atoms with Crippen LogP contribution >= 0.6 is 35.3 Å².